The first-order chi connectivity index (χ1) is 11.7. The second-order valence-electron chi connectivity index (χ2n) is 6.15. The van der Waals surface area contributed by atoms with Gasteiger partial charge in [-0.2, -0.15) is 0 Å². The van der Waals surface area contributed by atoms with Crippen molar-refractivity contribution < 1.29 is 9.53 Å². The number of benzene rings is 1. The van der Waals surface area contributed by atoms with Gasteiger partial charge in [0.1, 0.15) is 10.1 Å². The van der Waals surface area contributed by atoms with Crippen molar-refractivity contribution in [1.29, 1.82) is 0 Å². The van der Waals surface area contributed by atoms with Gasteiger partial charge in [0, 0.05) is 24.6 Å². The summed E-state index contributed by atoms with van der Waals surface area (Å²) in [6, 6.07) is 9.55. The monoisotopic (exact) mass is 364 g/mol. The highest BCUT2D eigenvalue weighted by Crippen LogP contribution is 2.28. The molecule has 24 heavy (non-hydrogen) atoms. The van der Waals surface area contributed by atoms with E-state index in [0.717, 1.165) is 49.7 Å². The third-order valence-electron chi connectivity index (χ3n) is 4.33. The number of carbonyl (C=O) groups excluding carboxylic acids is 1. The molecule has 0 saturated carbocycles. The van der Waals surface area contributed by atoms with Crippen LogP contribution in [-0.4, -0.2) is 52.4 Å². The average molecular weight is 365 g/mol. The molecule has 1 atom stereocenters. The maximum absolute atomic E-state index is 12.5. The van der Waals surface area contributed by atoms with E-state index in [1.807, 2.05) is 65.7 Å². The fraction of sp³-hybridized carbons (Fsp3) is 0.556. The Labute approximate surface area is 152 Å². The normalized spacial score (nSPS) is 19.9. The SMILES string of the molecule is C[C@@H](Oc1ccccc1)C(=O)N1CCC(CSC2=NCCS2)CC1. The predicted molar refractivity (Wildman–Crippen MR) is 103 cm³/mol. The molecule has 4 nitrogen and oxygen atoms in total. The van der Waals surface area contributed by atoms with Crippen LogP contribution in [0.1, 0.15) is 19.8 Å². The van der Waals surface area contributed by atoms with Gasteiger partial charge in [-0.05, 0) is 37.8 Å². The molecule has 0 unspecified atom stereocenters. The summed E-state index contributed by atoms with van der Waals surface area (Å²) >= 11 is 3.77. The van der Waals surface area contributed by atoms with Crippen molar-refractivity contribution in [1.82, 2.24) is 4.90 Å². The Kier molecular flexibility index (Phi) is 6.49. The van der Waals surface area contributed by atoms with Crippen molar-refractivity contribution in [2.75, 3.05) is 31.1 Å². The smallest absolute Gasteiger partial charge is 0.263 e. The second-order valence-corrected chi connectivity index (χ2v) is 8.50. The Morgan fingerprint density at radius 3 is 2.79 bits per heavy atom. The minimum atomic E-state index is -0.428. The molecule has 0 radical (unpaired) electrons. The van der Waals surface area contributed by atoms with Crippen LogP contribution in [0.5, 0.6) is 5.75 Å². The van der Waals surface area contributed by atoms with E-state index in [1.54, 1.807) is 0 Å². The van der Waals surface area contributed by atoms with E-state index < -0.39 is 6.10 Å². The zero-order valence-electron chi connectivity index (χ0n) is 14.0. The zero-order chi connectivity index (χ0) is 16.8. The molecule has 130 valence electrons. The Morgan fingerprint density at radius 1 is 1.38 bits per heavy atom. The molecule has 1 aromatic carbocycles. The van der Waals surface area contributed by atoms with E-state index in [9.17, 15) is 4.79 Å². The number of hydrogen-bond acceptors (Lipinski definition) is 5. The van der Waals surface area contributed by atoms with Crippen LogP contribution in [0, 0.1) is 5.92 Å². The van der Waals surface area contributed by atoms with Crippen LogP contribution in [0.25, 0.3) is 0 Å². The quantitative estimate of drug-likeness (QED) is 0.801. The summed E-state index contributed by atoms with van der Waals surface area (Å²) < 4.78 is 7.01. The molecule has 2 heterocycles. The Bertz CT molecular complexity index is 572. The van der Waals surface area contributed by atoms with Crippen molar-refractivity contribution in [2.45, 2.75) is 25.9 Å². The second kappa shape index (κ2) is 8.81. The summed E-state index contributed by atoms with van der Waals surface area (Å²) in [5.41, 5.74) is 0. The lowest BCUT2D eigenvalue weighted by Crippen LogP contribution is -2.45. The highest BCUT2D eigenvalue weighted by Gasteiger charge is 2.27. The molecule has 1 aromatic rings. The molecule has 0 aromatic heterocycles. The summed E-state index contributed by atoms with van der Waals surface area (Å²) in [7, 11) is 0. The van der Waals surface area contributed by atoms with Gasteiger partial charge in [-0.3, -0.25) is 9.79 Å². The van der Waals surface area contributed by atoms with E-state index in [0.29, 0.717) is 5.92 Å². The predicted octanol–water partition coefficient (Wildman–Crippen LogP) is 3.53. The van der Waals surface area contributed by atoms with Gasteiger partial charge < -0.3 is 9.64 Å². The number of likely N-dealkylation sites (tertiary alicyclic amines) is 1. The van der Waals surface area contributed by atoms with Crippen LogP contribution in [0.3, 0.4) is 0 Å². The zero-order valence-corrected chi connectivity index (χ0v) is 15.7. The van der Waals surface area contributed by atoms with E-state index in [4.69, 9.17) is 4.74 Å². The fourth-order valence-corrected chi connectivity index (χ4v) is 5.14. The summed E-state index contributed by atoms with van der Waals surface area (Å²) in [6.07, 6.45) is 1.73. The largest absolute Gasteiger partial charge is 0.481 e. The highest BCUT2D eigenvalue weighted by atomic mass is 32.2. The molecular weight excluding hydrogens is 340 g/mol. The number of thioether (sulfide) groups is 2. The number of carbonyl (C=O) groups is 1. The number of ether oxygens (including phenoxy) is 1. The number of rotatable bonds is 5. The van der Waals surface area contributed by atoms with E-state index >= 15 is 0 Å². The van der Waals surface area contributed by atoms with Gasteiger partial charge in [-0.15, -0.1) is 0 Å². The minimum Gasteiger partial charge on any atom is -0.481 e. The molecule has 3 rings (SSSR count). The highest BCUT2D eigenvalue weighted by molar-refractivity contribution is 8.39. The van der Waals surface area contributed by atoms with Crippen LogP contribution < -0.4 is 4.74 Å². The average Bonchev–Trinajstić information content (AvgIpc) is 3.14. The number of para-hydroxylation sites is 1. The van der Waals surface area contributed by atoms with Gasteiger partial charge in [0.05, 0.1) is 6.54 Å². The minimum absolute atomic E-state index is 0.0979. The first kappa shape index (κ1) is 17.7. The maximum atomic E-state index is 12.5. The summed E-state index contributed by atoms with van der Waals surface area (Å²) in [5.74, 6) is 3.80. The number of amides is 1. The molecule has 2 aliphatic heterocycles. The van der Waals surface area contributed by atoms with Crippen molar-refractivity contribution in [3.05, 3.63) is 30.3 Å². The molecule has 2 aliphatic rings. The van der Waals surface area contributed by atoms with Gasteiger partial charge in [-0.1, -0.05) is 41.7 Å². The molecule has 0 spiro atoms. The Morgan fingerprint density at radius 2 is 2.12 bits per heavy atom. The van der Waals surface area contributed by atoms with Gasteiger partial charge in [0.25, 0.3) is 5.91 Å². The van der Waals surface area contributed by atoms with Crippen LogP contribution in [0.2, 0.25) is 0 Å². The number of aliphatic imine (C=N–C) groups is 1. The molecule has 1 fully saturated rings. The summed E-state index contributed by atoms with van der Waals surface area (Å²) in [6.45, 7) is 4.49. The number of hydrogen-bond donors (Lipinski definition) is 0. The molecule has 1 amide bonds. The first-order valence-electron chi connectivity index (χ1n) is 8.53. The van der Waals surface area contributed by atoms with Crippen LogP contribution in [0.4, 0.5) is 0 Å². The van der Waals surface area contributed by atoms with Crippen LogP contribution >= 0.6 is 23.5 Å². The lowest BCUT2D eigenvalue weighted by atomic mass is 9.98. The van der Waals surface area contributed by atoms with Crippen molar-refractivity contribution in [2.24, 2.45) is 10.9 Å². The summed E-state index contributed by atoms with van der Waals surface area (Å²) in [4.78, 5) is 19.0. The topological polar surface area (TPSA) is 41.9 Å². The number of piperidine rings is 1. The third-order valence-corrected chi connectivity index (χ3v) is 6.81. The van der Waals surface area contributed by atoms with Crippen LogP contribution in [0.15, 0.2) is 35.3 Å². The molecule has 0 N–H and O–H groups in total. The van der Waals surface area contributed by atoms with Gasteiger partial charge in [0.2, 0.25) is 0 Å². The molecule has 6 heteroatoms. The van der Waals surface area contributed by atoms with E-state index in [-0.39, 0.29) is 5.91 Å². The number of nitrogens with zero attached hydrogens (tertiary/aromatic N) is 2. The van der Waals surface area contributed by atoms with Gasteiger partial charge in [0.15, 0.2) is 6.10 Å². The Hall–Kier alpha value is -1.14. The lowest BCUT2D eigenvalue weighted by molar-refractivity contribution is -0.139. The molecule has 0 bridgehead atoms. The van der Waals surface area contributed by atoms with Crippen molar-refractivity contribution in [3.8, 4) is 5.75 Å². The standard InChI is InChI=1S/C18H24N2O2S2/c1-14(22-16-5-3-2-4-6-16)17(21)20-10-7-15(8-11-20)13-24-18-19-9-12-23-18/h2-6,14-15H,7-13H2,1H3/t14-/m1/s1. The molecule has 1 saturated heterocycles. The van der Waals surface area contributed by atoms with Crippen molar-refractivity contribution in [3.63, 3.8) is 0 Å². The van der Waals surface area contributed by atoms with Gasteiger partial charge in [-0.25, -0.2) is 0 Å². The van der Waals surface area contributed by atoms with Crippen LogP contribution in [-0.2, 0) is 4.79 Å². The summed E-state index contributed by atoms with van der Waals surface area (Å²) in [5, 5.41) is 0. The van der Waals surface area contributed by atoms with Crippen molar-refractivity contribution >= 4 is 33.8 Å². The molecular formula is C18H24N2O2S2. The van der Waals surface area contributed by atoms with E-state index in [2.05, 4.69) is 4.99 Å². The first-order valence-corrected chi connectivity index (χ1v) is 10.5. The van der Waals surface area contributed by atoms with Gasteiger partial charge >= 0.3 is 0 Å². The van der Waals surface area contributed by atoms with E-state index in [1.165, 1.54) is 4.38 Å². The Balaban J connectivity index is 1.41. The lowest BCUT2D eigenvalue weighted by Gasteiger charge is -2.33. The third kappa shape index (κ3) is 4.93. The maximum Gasteiger partial charge on any atom is 0.263 e. The fourth-order valence-electron chi connectivity index (χ4n) is 2.92. The molecule has 0 aliphatic carbocycles.